The van der Waals surface area contributed by atoms with Gasteiger partial charge < -0.3 is 14.2 Å². The molecule has 1 unspecified atom stereocenters. The van der Waals surface area contributed by atoms with E-state index in [9.17, 15) is 9.59 Å². The normalized spacial score (nSPS) is 12.7. The van der Waals surface area contributed by atoms with Gasteiger partial charge in [-0.15, -0.1) is 5.06 Å². The zero-order valence-electron chi connectivity index (χ0n) is 20.6. The lowest BCUT2D eigenvalue weighted by molar-refractivity contribution is -0.145. The Morgan fingerprint density at radius 3 is 2.12 bits per heavy atom. The van der Waals surface area contributed by atoms with Crippen LogP contribution in [-0.4, -0.2) is 34.6 Å². The van der Waals surface area contributed by atoms with Crippen LogP contribution < -0.4 is 4.74 Å². The second kappa shape index (κ2) is 11.3. The zero-order valence-corrected chi connectivity index (χ0v) is 21.4. The molecule has 0 aliphatic carbocycles. The first-order chi connectivity index (χ1) is 15.7. The van der Waals surface area contributed by atoms with Crippen molar-refractivity contribution in [3.63, 3.8) is 0 Å². The minimum Gasteiger partial charge on any atom is -0.457 e. The van der Waals surface area contributed by atoms with E-state index in [4.69, 9.17) is 30.6 Å². The van der Waals surface area contributed by atoms with Gasteiger partial charge in [-0.25, -0.2) is 9.59 Å². The molecule has 2 rings (SSSR count). The molecule has 0 radical (unpaired) electrons. The molecule has 0 aliphatic rings. The Morgan fingerprint density at radius 2 is 1.53 bits per heavy atom. The van der Waals surface area contributed by atoms with Gasteiger partial charge >= 0.3 is 12.2 Å². The van der Waals surface area contributed by atoms with Crippen molar-refractivity contribution in [2.45, 2.75) is 65.7 Å². The molecule has 0 fully saturated rings. The first-order valence-corrected chi connectivity index (χ1v) is 11.2. The molecule has 0 saturated heterocycles. The highest BCUT2D eigenvalue weighted by Crippen LogP contribution is 2.24. The molecular weight excluding hydrogens is 458 g/mol. The van der Waals surface area contributed by atoms with Crippen LogP contribution in [0.15, 0.2) is 54.6 Å². The number of hydroxylamine groups is 2. The van der Waals surface area contributed by atoms with Gasteiger partial charge in [0.25, 0.3) is 0 Å². The molecular formula is C26H32ClNO6. The van der Waals surface area contributed by atoms with Gasteiger partial charge in [-0.3, -0.25) is 4.84 Å². The monoisotopic (exact) mass is 489 g/mol. The Kier molecular flexibility index (Phi) is 8.99. The van der Waals surface area contributed by atoms with Crippen molar-refractivity contribution in [3.8, 4) is 11.5 Å². The maximum absolute atomic E-state index is 12.7. The summed E-state index contributed by atoms with van der Waals surface area (Å²) in [5, 5.41) is 1.48. The van der Waals surface area contributed by atoms with Crippen LogP contribution in [0.25, 0.3) is 6.08 Å². The summed E-state index contributed by atoms with van der Waals surface area (Å²) in [6.45, 7) is 12.0. The lowest BCUT2D eigenvalue weighted by Gasteiger charge is -2.29. The number of nitrogens with zero attached hydrogens (tertiary/aromatic N) is 1. The number of hydrogen-bond acceptors (Lipinski definition) is 6. The fourth-order valence-electron chi connectivity index (χ4n) is 2.59. The maximum Gasteiger partial charge on any atom is 0.534 e. The molecule has 0 aromatic heterocycles. The summed E-state index contributed by atoms with van der Waals surface area (Å²) < 4.78 is 16.4. The molecule has 0 N–H and O–H groups in total. The van der Waals surface area contributed by atoms with Crippen molar-refractivity contribution in [3.05, 3.63) is 65.2 Å². The van der Waals surface area contributed by atoms with Crippen LogP contribution >= 0.6 is 11.6 Å². The third kappa shape index (κ3) is 9.75. The number of rotatable bonds is 5. The standard InChI is InChI=1S/C26H32ClNO6/c1-18(28(23(29)32-25(2,3)4)34-24(30)33-26(5,6)7)11-12-19-9-8-10-22(17-19)31-21-15-13-20(27)14-16-21/h8-18H,1-7H3/b12-11+. The number of carbonyl (C=O) groups is 2. The summed E-state index contributed by atoms with van der Waals surface area (Å²) >= 11 is 5.92. The van der Waals surface area contributed by atoms with E-state index >= 15 is 0 Å². The Bertz CT molecular complexity index is 1010. The molecule has 7 nitrogen and oxygen atoms in total. The molecule has 0 bridgehead atoms. The van der Waals surface area contributed by atoms with Crippen molar-refractivity contribution >= 4 is 29.9 Å². The Labute approximate surface area is 206 Å². The van der Waals surface area contributed by atoms with Crippen LogP contribution in [-0.2, 0) is 14.3 Å². The lowest BCUT2D eigenvalue weighted by Crippen LogP contribution is -2.43. The van der Waals surface area contributed by atoms with Crippen molar-refractivity contribution in [1.29, 1.82) is 0 Å². The molecule has 0 aliphatic heterocycles. The molecule has 2 aromatic rings. The van der Waals surface area contributed by atoms with E-state index in [1.807, 2.05) is 24.3 Å². The van der Waals surface area contributed by atoms with Crippen LogP contribution in [0.4, 0.5) is 9.59 Å². The highest BCUT2D eigenvalue weighted by Gasteiger charge is 2.30. The molecule has 8 heteroatoms. The summed E-state index contributed by atoms with van der Waals surface area (Å²) in [5.74, 6) is 1.28. The Hall–Kier alpha value is -3.19. The summed E-state index contributed by atoms with van der Waals surface area (Å²) in [7, 11) is 0. The third-order valence-electron chi connectivity index (χ3n) is 3.98. The summed E-state index contributed by atoms with van der Waals surface area (Å²) in [6.07, 6.45) is 1.68. The van der Waals surface area contributed by atoms with Gasteiger partial charge in [-0.2, -0.15) is 0 Å². The van der Waals surface area contributed by atoms with Crippen molar-refractivity contribution in [1.82, 2.24) is 5.06 Å². The van der Waals surface area contributed by atoms with E-state index in [0.29, 0.717) is 16.5 Å². The molecule has 1 amide bonds. The summed E-state index contributed by atoms with van der Waals surface area (Å²) in [5.41, 5.74) is -0.733. The number of halogens is 1. The molecule has 0 heterocycles. The van der Waals surface area contributed by atoms with Crippen LogP contribution in [0, 0.1) is 0 Å². The van der Waals surface area contributed by atoms with Crippen LogP contribution in [0.3, 0.4) is 0 Å². The average molecular weight is 490 g/mol. The first kappa shape index (κ1) is 27.1. The number of hydrogen-bond donors (Lipinski definition) is 0. The predicted molar refractivity (Wildman–Crippen MR) is 132 cm³/mol. The molecule has 184 valence electrons. The topological polar surface area (TPSA) is 74.3 Å². The maximum atomic E-state index is 12.7. The van der Waals surface area contributed by atoms with E-state index in [0.717, 1.165) is 10.6 Å². The smallest absolute Gasteiger partial charge is 0.457 e. The van der Waals surface area contributed by atoms with E-state index in [1.165, 1.54) is 0 Å². The third-order valence-corrected chi connectivity index (χ3v) is 4.23. The quantitative estimate of drug-likeness (QED) is 0.317. The average Bonchev–Trinajstić information content (AvgIpc) is 2.69. The van der Waals surface area contributed by atoms with E-state index in [2.05, 4.69) is 0 Å². The van der Waals surface area contributed by atoms with Crippen molar-refractivity contribution in [2.75, 3.05) is 0 Å². The second-order valence-electron chi connectivity index (χ2n) is 9.59. The number of ether oxygens (including phenoxy) is 3. The molecule has 34 heavy (non-hydrogen) atoms. The predicted octanol–water partition coefficient (Wildman–Crippen LogP) is 7.64. The Balaban J connectivity index is 2.16. The van der Waals surface area contributed by atoms with Gasteiger partial charge in [-0.05, 0) is 90.4 Å². The SMILES string of the molecule is CC(/C=C/c1cccc(Oc2ccc(Cl)cc2)c1)N(OC(=O)OC(C)(C)C)C(=O)OC(C)(C)C. The highest BCUT2D eigenvalue weighted by atomic mass is 35.5. The van der Waals surface area contributed by atoms with Gasteiger partial charge in [0.05, 0.1) is 6.04 Å². The number of amides is 1. The van der Waals surface area contributed by atoms with E-state index in [-0.39, 0.29) is 0 Å². The fraction of sp³-hybridized carbons (Fsp3) is 0.385. The largest absolute Gasteiger partial charge is 0.534 e. The van der Waals surface area contributed by atoms with Gasteiger partial charge in [0.1, 0.15) is 22.7 Å². The molecule has 1 atom stereocenters. The van der Waals surface area contributed by atoms with Crippen molar-refractivity contribution in [2.24, 2.45) is 0 Å². The molecule has 2 aromatic carbocycles. The van der Waals surface area contributed by atoms with Crippen LogP contribution in [0.1, 0.15) is 54.0 Å². The zero-order chi connectivity index (χ0) is 25.5. The fourth-order valence-corrected chi connectivity index (χ4v) is 2.72. The second-order valence-corrected chi connectivity index (χ2v) is 10.0. The number of carbonyl (C=O) groups excluding carboxylic acids is 2. The van der Waals surface area contributed by atoms with Gasteiger partial charge in [-0.1, -0.05) is 35.9 Å². The minimum atomic E-state index is -1.00. The molecule has 0 spiro atoms. The lowest BCUT2D eigenvalue weighted by atomic mass is 10.1. The highest BCUT2D eigenvalue weighted by molar-refractivity contribution is 6.30. The van der Waals surface area contributed by atoms with Gasteiger partial charge in [0.2, 0.25) is 0 Å². The van der Waals surface area contributed by atoms with Gasteiger partial charge in [0, 0.05) is 5.02 Å². The summed E-state index contributed by atoms with van der Waals surface area (Å²) in [4.78, 5) is 30.1. The number of benzene rings is 2. The molecule has 0 saturated carbocycles. The summed E-state index contributed by atoms with van der Waals surface area (Å²) in [6, 6.07) is 13.8. The Morgan fingerprint density at radius 1 is 0.912 bits per heavy atom. The van der Waals surface area contributed by atoms with Crippen LogP contribution in [0.2, 0.25) is 5.02 Å². The van der Waals surface area contributed by atoms with Gasteiger partial charge in [0.15, 0.2) is 0 Å². The first-order valence-electron chi connectivity index (χ1n) is 10.9. The van der Waals surface area contributed by atoms with E-state index < -0.39 is 29.5 Å². The minimum absolute atomic E-state index is 0.626. The van der Waals surface area contributed by atoms with Crippen molar-refractivity contribution < 1.29 is 28.6 Å². The van der Waals surface area contributed by atoms with Crippen LogP contribution in [0.5, 0.6) is 11.5 Å². The van der Waals surface area contributed by atoms with E-state index in [1.54, 1.807) is 84.9 Å².